The van der Waals surface area contributed by atoms with Crippen LogP contribution in [0.4, 0.5) is 5.69 Å². The summed E-state index contributed by atoms with van der Waals surface area (Å²) in [7, 11) is 0. The zero-order valence-electron chi connectivity index (χ0n) is 14.1. The molecule has 2 amide bonds. The first-order valence-electron chi connectivity index (χ1n) is 7.64. The zero-order chi connectivity index (χ0) is 19.3. The third-order valence-electron chi connectivity index (χ3n) is 3.36. The first-order valence-corrected chi connectivity index (χ1v) is 8.77. The highest BCUT2D eigenvalue weighted by atomic mass is 35.6. The summed E-state index contributed by atoms with van der Waals surface area (Å²) in [5.41, 5.74) is 1.74. The normalized spacial score (nSPS) is 12.2. The van der Waals surface area contributed by atoms with Gasteiger partial charge in [-0.25, -0.2) is 0 Å². The maximum absolute atomic E-state index is 12.5. The molecule has 2 aromatic rings. The summed E-state index contributed by atoms with van der Waals surface area (Å²) < 4.78 is 3.74. The van der Waals surface area contributed by atoms with Crippen molar-refractivity contribution < 1.29 is 14.3 Å². The molecule has 0 fully saturated rings. The lowest BCUT2D eigenvalue weighted by molar-refractivity contribution is -0.114. The molecule has 0 saturated heterocycles. The van der Waals surface area contributed by atoms with E-state index < -0.39 is 15.9 Å². The van der Waals surface area contributed by atoms with E-state index in [-0.39, 0.29) is 5.91 Å². The van der Waals surface area contributed by atoms with E-state index in [2.05, 4.69) is 10.6 Å². The molecule has 0 aromatic heterocycles. The van der Waals surface area contributed by atoms with Gasteiger partial charge in [0.2, 0.25) is 15.9 Å². The lowest BCUT2D eigenvalue weighted by atomic mass is 10.1. The maximum Gasteiger partial charge on any atom is 0.254 e. The molecule has 0 aliphatic heterocycles. The van der Waals surface area contributed by atoms with Crippen molar-refractivity contribution in [3.63, 3.8) is 0 Å². The second-order valence-corrected chi connectivity index (χ2v) is 7.91. The molecule has 26 heavy (non-hydrogen) atoms. The SMILES string of the molecule is CC(=O)Nc1cccc(O[C@@H](NC(=O)c2ccccc2C)C(Cl)(Cl)Cl)c1. The predicted molar refractivity (Wildman–Crippen MR) is 104 cm³/mol. The van der Waals surface area contributed by atoms with E-state index in [1.165, 1.54) is 6.92 Å². The van der Waals surface area contributed by atoms with Crippen molar-refractivity contribution in [2.24, 2.45) is 0 Å². The average molecular weight is 416 g/mol. The minimum atomic E-state index is -1.91. The number of nitrogens with one attached hydrogen (secondary N) is 2. The van der Waals surface area contributed by atoms with Crippen molar-refractivity contribution in [1.82, 2.24) is 5.32 Å². The van der Waals surface area contributed by atoms with Crippen molar-refractivity contribution in [2.45, 2.75) is 23.9 Å². The molecule has 0 bridgehead atoms. The number of hydrogen-bond donors (Lipinski definition) is 2. The lowest BCUT2D eigenvalue weighted by Crippen LogP contribution is -2.48. The minimum Gasteiger partial charge on any atom is -0.466 e. The molecular weight excluding hydrogens is 399 g/mol. The van der Waals surface area contributed by atoms with Gasteiger partial charge in [-0.2, -0.15) is 0 Å². The molecule has 0 spiro atoms. The Morgan fingerprint density at radius 1 is 1.08 bits per heavy atom. The van der Waals surface area contributed by atoms with Crippen LogP contribution in [0.3, 0.4) is 0 Å². The van der Waals surface area contributed by atoms with Crippen LogP contribution in [-0.2, 0) is 4.79 Å². The fourth-order valence-electron chi connectivity index (χ4n) is 2.19. The van der Waals surface area contributed by atoms with Gasteiger partial charge in [-0.05, 0) is 30.7 Å². The monoisotopic (exact) mass is 414 g/mol. The quantitative estimate of drug-likeness (QED) is 0.560. The molecule has 0 aliphatic rings. The lowest BCUT2D eigenvalue weighted by Gasteiger charge is -2.26. The number of carbonyl (C=O) groups is 2. The highest BCUT2D eigenvalue weighted by molar-refractivity contribution is 6.68. The van der Waals surface area contributed by atoms with Crippen molar-refractivity contribution in [1.29, 1.82) is 0 Å². The number of hydrogen-bond acceptors (Lipinski definition) is 3. The van der Waals surface area contributed by atoms with Crippen molar-refractivity contribution in [3.8, 4) is 5.75 Å². The Hall–Kier alpha value is -1.95. The van der Waals surface area contributed by atoms with Crippen LogP contribution >= 0.6 is 34.8 Å². The van der Waals surface area contributed by atoms with Crippen LogP contribution in [0.5, 0.6) is 5.75 Å². The Labute approximate surface area is 166 Å². The van der Waals surface area contributed by atoms with E-state index in [0.29, 0.717) is 17.0 Å². The average Bonchev–Trinajstić information content (AvgIpc) is 2.53. The molecule has 0 heterocycles. The van der Waals surface area contributed by atoms with E-state index in [1.54, 1.807) is 49.4 Å². The number of alkyl halides is 3. The van der Waals surface area contributed by atoms with Gasteiger partial charge in [0.15, 0.2) is 0 Å². The van der Waals surface area contributed by atoms with E-state index in [4.69, 9.17) is 39.5 Å². The van der Waals surface area contributed by atoms with E-state index >= 15 is 0 Å². The Kier molecular flexibility index (Phi) is 6.75. The fourth-order valence-corrected chi connectivity index (χ4v) is 2.49. The summed E-state index contributed by atoms with van der Waals surface area (Å²) in [5, 5.41) is 5.20. The summed E-state index contributed by atoms with van der Waals surface area (Å²) in [4.78, 5) is 23.7. The number of anilines is 1. The van der Waals surface area contributed by atoms with E-state index in [9.17, 15) is 9.59 Å². The summed E-state index contributed by atoms with van der Waals surface area (Å²) in [6.45, 7) is 3.19. The topological polar surface area (TPSA) is 67.4 Å². The Morgan fingerprint density at radius 3 is 2.38 bits per heavy atom. The number of halogens is 3. The number of benzene rings is 2. The van der Waals surface area contributed by atoms with Gasteiger partial charge in [0.05, 0.1) is 0 Å². The molecule has 2 N–H and O–H groups in total. The van der Waals surface area contributed by atoms with Crippen LogP contribution in [0.25, 0.3) is 0 Å². The van der Waals surface area contributed by atoms with E-state index in [0.717, 1.165) is 5.56 Å². The molecule has 138 valence electrons. The highest BCUT2D eigenvalue weighted by Crippen LogP contribution is 2.32. The van der Waals surface area contributed by atoms with Gasteiger partial charge in [-0.3, -0.25) is 9.59 Å². The van der Waals surface area contributed by atoms with Crippen LogP contribution in [0.15, 0.2) is 48.5 Å². The predicted octanol–water partition coefficient (Wildman–Crippen LogP) is 4.46. The van der Waals surface area contributed by atoms with Gasteiger partial charge < -0.3 is 15.4 Å². The maximum atomic E-state index is 12.5. The van der Waals surface area contributed by atoms with Crippen molar-refractivity contribution in [2.75, 3.05) is 5.32 Å². The third-order valence-corrected chi connectivity index (χ3v) is 3.95. The minimum absolute atomic E-state index is 0.229. The van der Waals surface area contributed by atoms with Crippen LogP contribution in [0.1, 0.15) is 22.8 Å². The van der Waals surface area contributed by atoms with Crippen molar-refractivity contribution >= 4 is 52.3 Å². The second kappa shape index (κ2) is 8.62. The fraction of sp³-hybridized carbons (Fsp3) is 0.222. The summed E-state index contributed by atoms with van der Waals surface area (Å²) in [5.74, 6) is -0.344. The molecule has 2 rings (SSSR count). The van der Waals surface area contributed by atoms with E-state index in [1.807, 2.05) is 6.07 Å². The standard InChI is InChI=1S/C18H17Cl3N2O3/c1-11-6-3-4-9-15(11)16(25)23-17(18(19,20)21)26-14-8-5-7-13(10-14)22-12(2)24/h3-10,17H,1-2H3,(H,22,24)(H,23,25)/t17-/m1/s1. The molecule has 2 aromatic carbocycles. The van der Waals surface area contributed by atoms with Crippen LogP contribution in [0.2, 0.25) is 0 Å². The molecule has 5 nitrogen and oxygen atoms in total. The number of amides is 2. The number of ether oxygens (including phenoxy) is 1. The highest BCUT2D eigenvalue weighted by Gasteiger charge is 2.36. The summed E-state index contributed by atoms with van der Waals surface area (Å²) >= 11 is 17.9. The number of aryl methyl sites for hydroxylation is 1. The Balaban J connectivity index is 2.20. The molecule has 0 unspecified atom stereocenters. The number of carbonyl (C=O) groups excluding carboxylic acids is 2. The van der Waals surface area contributed by atoms with Gasteiger partial charge in [0.25, 0.3) is 5.91 Å². The van der Waals surface area contributed by atoms with Crippen LogP contribution < -0.4 is 15.4 Å². The van der Waals surface area contributed by atoms with Crippen LogP contribution in [-0.4, -0.2) is 21.8 Å². The van der Waals surface area contributed by atoms with Gasteiger partial charge >= 0.3 is 0 Å². The second-order valence-electron chi connectivity index (χ2n) is 5.54. The largest absolute Gasteiger partial charge is 0.466 e. The van der Waals surface area contributed by atoms with Gasteiger partial charge in [0, 0.05) is 24.2 Å². The number of rotatable bonds is 5. The van der Waals surface area contributed by atoms with Gasteiger partial charge in [0.1, 0.15) is 5.75 Å². The first-order chi connectivity index (χ1) is 12.2. The smallest absolute Gasteiger partial charge is 0.254 e. The molecule has 1 atom stereocenters. The van der Waals surface area contributed by atoms with Gasteiger partial charge in [-0.15, -0.1) is 0 Å². The Bertz CT molecular complexity index is 806. The molecule has 0 aliphatic carbocycles. The first kappa shape index (κ1) is 20.4. The zero-order valence-corrected chi connectivity index (χ0v) is 16.3. The molecule has 0 saturated carbocycles. The van der Waals surface area contributed by atoms with Gasteiger partial charge in [-0.1, -0.05) is 59.1 Å². The Morgan fingerprint density at radius 2 is 1.77 bits per heavy atom. The molecule has 0 radical (unpaired) electrons. The molecular formula is C18H17Cl3N2O3. The summed E-state index contributed by atoms with van der Waals surface area (Å²) in [6.07, 6.45) is -1.24. The van der Waals surface area contributed by atoms with Crippen LogP contribution in [0, 0.1) is 6.92 Å². The molecule has 8 heteroatoms. The summed E-state index contributed by atoms with van der Waals surface area (Å²) in [6, 6.07) is 13.6. The third kappa shape index (κ3) is 5.80. The van der Waals surface area contributed by atoms with Crippen molar-refractivity contribution in [3.05, 3.63) is 59.7 Å².